The van der Waals surface area contributed by atoms with E-state index < -0.39 is 21.0 Å². The minimum absolute atomic E-state index is 0.0473. The fourth-order valence-electron chi connectivity index (χ4n) is 4.47. The summed E-state index contributed by atoms with van der Waals surface area (Å²) >= 11 is 0. The number of H-pyrrole nitrogens is 1. The van der Waals surface area contributed by atoms with Gasteiger partial charge in [0.05, 0.1) is 35.0 Å². The molecule has 1 fully saturated rings. The van der Waals surface area contributed by atoms with Crippen LogP contribution in [0.25, 0.3) is 10.9 Å². The van der Waals surface area contributed by atoms with Crippen LogP contribution in [0.3, 0.4) is 0 Å². The molecule has 0 saturated carbocycles. The van der Waals surface area contributed by atoms with E-state index in [1.165, 1.54) is 6.07 Å². The first kappa shape index (κ1) is 23.9. The third-order valence-electron chi connectivity index (χ3n) is 6.12. The number of pyridine rings is 1. The number of primary sulfonamides is 1. The van der Waals surface area contributed by atoms with E-state index >= 15 is 0 Å². The molecule has 2 aromatic heterocycles. The number of hydrogen-bond donors (Lipinski definition) is 3. The van der Waals surface area contributed by atoms with Gasteiger partial charge in [0.1, 0.15) is 5.39 Å². The van der Waals surface area contributed by atoms with Crippen molar-refractivity contribution in [3.63, 3.8) is 0 Å². The lowest BCUT2D eigenvalue weighted by Crippen LogP contribution is -2.42. The minimum atomic E-state index is -3.92. The molecule has 1 atom stereocenters. The van der Waals surface area contributed by atoms with E-state index in [1.807, 2.05) is 20.8 Å². The standard InChI is InChI=1S/C23H28N6O4S/c1-22(2,3)16-13-15(5-6-18(16)34(25,31)32)27-20-19-17(7-11-26-21(19)30)29(28-20)23(9-10-24)8-4-12-33-14-23/h5-7,11,13H,4,8-9,12,14H2,1-3H3,(H,26,30)(H,27,28)(H2,25,31,32). The fourth-order valence-corrected chi connectivity index (χ4v) is 5.40. The minimum Gasteiger partial charge on any atom is -0.379 e. The smallest absolute Gasteiger partial charge is 0.261 e. The third-order valence-corrected chi connectivity index (χ3v) is 7.09. The van der Waals surface area contributed by atoms with Crippen LogP contribution < -0.4 is 16.0 Å². The van der Waals surface area contributed by atoms with E-state index in [0.717, 1.165) is 6.42 Å². The van der Waals surface area contributed by atoms with Crippen molar-refractivity contribution in [2.75, 3.05) is 18.5 Å². The normalized spacial score (nSPS) is 19.1. The van der Waals surface area contributed by atoms with Crippen LogP contribution in [0.5, 0.6) is 0 Å². The van der Waals surface area contributed by atoms with Crippen LogP contribution in [0.15, 0.2) is 40.2 Å². The predicted molar refractivity (Wildman–Crippen MR) is 128 cm³/mol. The molecule has 180 valence electrons. The Labute approximate surface area is 197 Å². The van der Waals surface area contributed by atoms with Crippen LogP contribution in [0.2, 0.25) is 0 Å². The van der Waals surface area contributed by atoms with Crippen molar-refractivity contribution in [3.8, 4) is 6.07 Å². The molecule has 11 heteroatoms. The molecule has 4 N–H and O–H groups in total. The van der Waals surface area contributed by atoms with Gasteiger partial charge in [-0.1, -0.05) is 20.8 Å². The fraction of sp³-hybridized carbons (Fsp3) is 0.435. The molecule has 1 saturated heterocycles. The largest absolute Gasteiger partial charge is 0.379 e. The number of hydrogen-bond acceptors (Lipinski definition) is 7. The van der Waals surface area contributed by atoms with Gasteiger partial charge in [0.15, 0.2) is 5.82 Å². The van der Waals surface area contributed by atoms with E-state index in [2.05, 4.69) is 16.4 Å². The molecule has 0 aliphatic carbocycles. The second-order valence-electron chi connectivity index (χ2n) is 9.67. The Morgan fingerprint density at radius 1 is 1.35 bits per heavy atom. The number of benzene rings is 1. The number of ether oxygens (including phenoxy) is 1. The molecule has 0 bridgehead atoms. The van der Waals surface area contributed by atoms with Crippen LogP contribution in [0.4, 0.5) is 11.5 Å². The number of aromatic amines is 1. The zero-order chi connectivity index (χ0) is 24.7. The lowest BCUT2D eigenvalue weighted by atomic mass is 9.87. The van der Waals surface area contributed by atoms with Crippen LogP contribution in [-0.4, -0.2) is 36.4 Å². The highest BCUT2D eigenvalue weighted by Crippen LogP contribution is 2.36. The van der Waals surface area contributed by atoms with E-state index in [-0.39, 0.29) is 16.9 Å². The molecule has 3 aromatic rings. The summed E-state index contributed by atoms with van der Waals surface area (Å²) in [5.74, 6) is 0.308. The monoisotopic (exact) mass is 484 g/mol. The second kappa shape index (κ2) is 8.54. The zero-order valence-corrected chi connectivity index (χ0v) is 20.2. The van der Waals surface area contributed by atoms with Gasteiger partial charge in [-0.25, -0.2) is 13.6 Å². The molecule has 0 radical (unpaired) electrons. The Bertz CT molecular complexity index is 1440. The van der Waals surface area contributed by atoms with E-state index in [4.69, 9.17) is 15.0 Å². The number of nitrogens with one attached hydrogen (secondary N) is 2. The molecular formula is C23H28N6O4S. The van der Waals surface area contributed by atoms with Crippen molar-refractivity contribution in [3.05, 3.63) is 46.4 Å². The van der Waals surface area contributed by atoms with Crippen molar-refractivity contribution in [2.24, 2.45) is 5.14 Å². The van der Waals surface area contributed by atoms with Gasteiger partial charge in [0, 0.05) is 18.5 Å². The topological polar surface area (TPSA) is 156 Å². The number of nitrogens with zero attached hydrogens (tertiary/aromatic N) is 3. The molecule has 1 unspecified atom stereocenters. The lowest BCUT2D eigenvalue weighted by Gasteiger charge is -2.35. The maximum atomic E-state index is 12.8. The molecule has 10 nitrogen and oxygen atoms in total. The molecule has 1 aliphatic heterocycles. The number of fused-ring (bicyclic) bond motifs is 1. The molecule has 34 heavy (non-hydrogen) atoms. The SMILES string of the molecule is CC(C)(C)c1cc(Nc2nn(C3(CC#N)CCCOC3)c3cc[nH]c(=O)c23)ccc1S(N)(=O)=O. The number of aromatic nitrogens is 3. The van der Waals surface area contributed by atoms with Crippen LogP contribution in [0, 0.1) is 11.3 Å². The number of rotatable bonds is 5. The van der Waals surface area contributed by atoms with Crippen LogP contribution >= 0.6 is 0 Å². The quantitative estimate of drug-likeness (QED) is 0.503. The molecule has 0 amide bonds. The van der Waals surface area contributed by atoms with Gasteiger partial charge in [0.25, 0.3) is 5.56 Å². The first-order chi connectivity index (χ1) is 16.0. The van der Waals surface area contributed by atoms with Gasteiger partial charge in [-0.15, -0.1) is 0 Å². The molecular weight excluding hydrogens is 456 g/mol. The predicted octanol–water partition coefficient (Wildman–Crippen LogP) is 2.83. The first-order valence-electron chi connectivity index (χ1n) is 11.0. The summed E-state index contributed by atoms with van der Waals surface area (Å²) in [6.07, 6.45) is 3.21. The molecule has 3 heterocycles. The number of nitriles is 1. The average Bonchev–Trinajstić information content (AvgIpc) is 3.13. The number of nitrogens with two attached hydrogens (primary N) is 1. The highest BCUT2D eigenvalue weighted by atomic mass is 32.2. The van der Waals surface area contributed by atoms with Crippen molar-refractivity contribution >= 4 is 32.4 Å². The summed E-state index contributed by atoms with van der Waals surface area (Å²) in [4.78, 5) is 15.6. The first-order valence-corrected chi connectivity index (χ1v) is 12.5. The Kier molecular flexibility index (Phi) is 6.01. The molecule has 1 aliphatic rings. The summed E-state index contributed by atoms with van der Waals surface area (Å²) in [5, 5.41) is 23.2. The highest BCUT2D eigenvalue weighted by Gasteiger charge is 2.38. The molecule has 0 spiro atoms. The van der Waals surface area contributed by atoms with Gasteiger partial charge in [-0.05, 0) is 48.1 Å². The summed E-state index contributed by atoms with van der Waals surface area (Å²) in [5.41, 5.74) is 0.166. The van der Waals surface area contributed by atoms with Crippen LogP contribution in [-0.2, 0) is 25.7 Å². The lowest BCUT2D eigenvalue weighted by molar-refractivity contribution is -0.00174. The zero-order valence-electron chi connectivity index (χ0n) is 19.4. The maximum absolute atomic E-state index is 12.8. The average molecular weight is 485 g/mol. The summed E-state index contributed by atoms with van der Waals surface area (Å²) in [7, 11) is -3.92. The second-order valence-corrected chi connectivity index (χ2v) is 11.2. The van der Waals surface area contributed by atoms with Crippen molar-refractivity contribution in [1.82, 2.24) is 14.8 Å². The Balaban J connectivity index is 1.87. The molecule has 4 rings (SSSR count). The number of sulfonamides is 1. The van der Waals surface area contributed by atoms with Gasteiger partial charge in [-0.2, -0.15) is 10.4 Å². The maximum Gasteiger partial charge on any atom is 0.261 e. The Morgan fingerprint density at radius 3 is 2.74 bits per heavy atom. The Hall–Kier alpha value is -3.20. The molecule has 1 aromatic carbocycles. The van der Waals surface area contributed by atoms with E-state index in [0.29, 0.717) is 47.6 Å². The summed E-state index contributed by atoms with van der Waals surface area (Å²) < 4.78 is 31.7. The van der Waals surface area contributed by atoms with E-state index in [1.54, 1.807) is 29.1 Å². The Morgan fingerprint density at radius 2 is 2.12 bits per heavy atom. The van der Waals surface area contributed by atoms with Gasteiger partial charge in [-0.3, -0.25) is 9.48 Å². The van der Waals surface area contributed by atoms with Crippen molar-refractivity contribution in [2.45, 2.75) is 55.9 Å². The summed E-state index contributed by atoms with van der Waals surface area (Å²) in [6.45, 7) is 6.61. The van der Waals surface area contributed by atoms with E-state index in [9.17, 15) is 18.5 Å². The van der Waals surface area contributed by atoms with Crippen molar-refractivity contribution < 1.29 is 13.2 Å². The van der Waals surface area contributed by atoms with Crippen LogP contribution in [0.1, 0.15) is 45.6 Å². The number of anilines is 2. The summed E-state index contributed by atoms with van der Waals surface area (Å²) in [6, 6.07) is 8.75. The van der Waals surface area contributed by atoms with Gasteiger partial charge in [0.2, 0.25) is 10.0 Å². The third kappa shape index (κ3) is 4.32. The van der Waals surface area contributed by atoms with Gasteiger partial charge >= 0.3 is 0 Å². The highest BCUT2D eigenvalue weighted by molar-refractivity contribution is 7.89. The van der Waals surface area contributed by atoms with Gasteiger partial charge < -0.3 is 15.0 Å². The van der Waals surface area contributed by atoms with Crippen molar-refractivity contribution in [1.29, 1.82) is 5.26 Å².